The van der Waals surface area contributed by atoms with E-state index in [1.54, 1.807) is 0 Å². The normalized spacial score (nSPS) is 11.4. The molecule has 9 aromatic carbocycles. The maximum absolute atomic E-state index is 2.44. The molecule has 0 N–H and O–H groups in total. The first-order chi connectivity index (χ1) is 28.8. The van der Waals surface area contributed by atoms with Crippen molar-refractivity contribution in [1.82, 2.24) is 9.13 Å². The molecule has 11 rings (SSSR count). The fourth-order valence-electron chi connectivity index (χ4n) is 8.73. The average molecular weight is 743 g/mol. The summed E-state index contributed by atoms with van der Waals surface area (Å²) in [5, 5.41) is 4.97. The lowest BCUT2D eigenvalue weighted by Gasteiger charge is -2.29. The predicted octanol–water partition coefficient (Wildman–Crippen LogP) is 14.8. The standard InChI is InChI=1S/C54H38N4/c1-5-19-39(20-6-1)55(40-21-7-2-8-22-40)43-27-17-28-44(35-43)56(41-23-9-3-10-24-41)45-29-18-30-46(36-45)58-52-34-16-14-32-48(52)50-37-49-47-31-13-15-33-51(47)57(53(49)38-54(50)58)42-25-11-4-12-26-42/h1-38H. The third-order valence-electron chi connectivity index (χ3n) is 11.2. The fourth-order valence-corrected chi connectivity index (χ4v) is 8.73. The maximum atomic E-state index is 2.44. The molecular weight excluding hydrogens is 705 g/mol. The number of rotatable bonds is 8. The van der Waals surface area contributed by atoms with Gasteiger partial charge < -0.3 is 18.9 Å². The van der Waals surface area contributed by atoms with Gasteiger partial charge in [-0.3, -0.25) is 0 Å². The topological polar surface area (TPSA) is 16.3 Å². The van der Waals surface area contributed by atoms with E-state index >= 15 is 0 Å². The summed E-state index contributed by atoms with van der Waals surface area (Å²) in [6.45, 7) is 0. The molecule has 2 heterocycles. The van der Waals surface area contributed by atoms with Gasteiger partial charge in [-0.1, -0.05) is 121 Å². The monoisotopic (exact) mass is 742 g/mol. The van der Waals surface area contributed by atoms with Gasteiger partial charge >= 0.3 is 0 Å². The zero-order valence-electron chi connectivity index (χ0n) is 31.7. The third-order valence-corrected chi connectivity index (χ3v) is 11.2. The number of para-hydroxylation sites is 6. The molecule has 0 radical (unpaired) electrons. The van der Waals surface area contributed by atoms with Gasteiger partial charge in [-0.15, -0.1) is 0 Å². The Kier molecular flexibility index (Phi) is 8.11. The molecule has 11 aromatic rings. The summed E-state index contributed by atoms with van der Waals surface area (Å²) in [5.74, 6) is 0. The lowest BCUT2D eigenvalue weighted by Crippen LogP contribution is -2.13. The van der Waals surface area contributed by atoms with E-state index in [1.165, 1.54) is 43.6 Å². The average Bonchev–Trinajstić information content (AvgIpc) is 3.79. The minimum absolute atomic E-state index is 1.06. The molecule has 2 aromatic heterocycles. The molecule has 0 unspecified atom stereocenters. The molecule has 0 spiro atoms. The van der Waals surface area contributed by atoms with E-state index in [-0.39, 0.29) is 0 Å². The molecule has 0 aliphatic rings. The highest BCUT2D eigenvalue weighted by Gasteiger charge is 2.21. The van der Waals surface area contributed by atoms with Gasteiger partial charge in [-0.25, -0.2) is 0 Å². The number of nitrogens with zero attached hydrogens (tertiary/aromatic N) is 4. The van der Waals surface area contributed by atoms with Crippen molar-refractivity contribution in [2.75, 3.05) is 9.80 Å². The Morgan fingerprint density at radius 2 is 0.586 bits per heavy atom. The van der Waals surface area contributed by atoms with E-state index < -0.39 is 0 Å². The molecule has 0 amide bonds. The molecule has 58 heavy (non-hydrogen) atoms. The van der Waals surface area contributed by atoms with E-state index in [4.69, 9.17) is 0 Å². The van der Waals surface area contributed by atoms with Crippen LogP contribution in [0.2, 0.25) is 0 Å². The molecule has 0 aliphatic carbocycles. The van der Waals surface area contributed by atoms with Gasteiger partial charge in [0.05, 0.1) is 22.1 Å². The first-order valence-corrected chi connectivity index (χ1v) is 19.8. The Hall–Kier alpha value is -7.82. The van der Waals surface area contributed by atoms with E-state index in [2.05, 4.69) is 249 Å². The summed E-state index contributed by atoms with van der Waals surface area (Å²) in [4.78, 5) is 4.68. The highest BCUT2D eigenvalue weighted by atomic mass is 15.2. The van der Waals surface area contributed by atoms with Crippen molar-refractivity contribution in [3.8, 4) is 11.4 Å². The zero-order valence-corrected chi connectivity index (χ0v) is 31.7. The van der Waals surface area contributed by atoms with Gasteiger partial charge in [0.1, 0.15) is 0 Å². The van der Waals surface area contributed by atoms with Crippen molar-refractivity contribution in [3.05, 3.63) is 231 Å². The summed E-state index contributed by atoms with van der Waals surface area (Å²) in [6.07, 6.45) is 0. The molecule has 274 valence electrons. The third kappa shape index (κ3) is 5.62. The van der Waals surface area contributed by atoms with Gasteiger partial charge in [0.15, 0.2) is 0 Å². The van der Waals surface area contributed by atoms with Crippen molar-refractivity contribution in [1.29, 1.82) is 0 Å². The van der Waals surface area contributed by atoms with Crippen LogP contribution >= 0.6 is 0 Å². The van der Waals surface area contributed by atoms with E-state index in [0.29, 0.717) is 0 Å². The largest absolute Gasteiger partial charge is 0.310 e. The second kappa shape index (κ2) is 14.0. The molecule has 0 saturated heterocycles. The molecule has 0 atom stereocenters. The first kappa shape index (κ1) is 33.5. The Labute approximate surface area is 337 Å². The summed E-state index contributed by atoms with van der Waals surface area (Å²) in [5.41, 5.74) is 13.5. The van der Waals surface area contributed by atoms with Crippen molar-refractivity contribution in [3.63, 3.8) is 0 Å². The van der Waals surface area contributed by atoms with Crippen LogP contribution in [-0.4, -0.2) is 9.13 Å². The van der Waals surface area contributed by atoms with Crippen LogP contribution in [0.3, 0.4) is 0 Å². The number of anilines is 6. The number of hydrogen-bond acceptors (Lipinski definition) is 2. The SMILES string of the molecule is c1ccc(N(c2ccccc2)c2cccc(N(c3ccccc3)c3cccc(-n4c5ccccc5c5cc6c7ccccc7n(-c7ccccc7)c6cc54)c3)c2)cc1. The van der Waals surface area contributed by atoms with Gasteiger partial charge in [0.25, 0.3) is 0 Å². The fraction of sp³-hybridized carbons (Fsp3) is 0. The quantitative estimate of drug-likeness (QED) is 0.154. The lowest BCUT2D eigenvalue weighted by molar-refractivity contribution is 1.16. The molecular formula is C54H38N4. The minimum atomic E-state index is 1.06. The molecule has 0 saturated carbocycles. The summed E-state index contributed by atoms with van der Waals surface area (Å²) < 4.78 is 4.84. The number of fused-ring (bicyclic) bond motifs is 6. The highest BCUT2D eigenvalue weighted by molar-refractivity contribution is 6.19. The van der Waals surface area contributed by atoms with Gasteiger partial charge in [0.2, 0.25) is 0 Å². The van der Waals surface area contributed by atoms with Crippen molar-refractivity contribution in [2.45, 2.75) is 0 Å². The minimum Gasteiger partial charge on any atom is -0.310 e. The van der Waals surface area contributed by atoms with Gasteiger partial charge in [-0.2, -0.15) is 0 Å². The van der Waals surface area contributed by atoms with Crippen molar-refractivity contribution < 1.29 is 0 Å². The van der Waals surface area contributed by atoms with Crippen LogP contribution < -0.4 is 9.80 Å². The van der Waals surface area contributed by atoms with Gasteiger partial charge in [-0.05, 0) is 109 Å². The number of hydrogen-bond donors (Lipinski definition) is 0. The van der Waals surface area contributed by atoms with E-state index in [0.717, 1.165) is 45.5 Å². The van der Waals surface area contributed by atoms with E-state index in [9.17, 15) is 0 Å². The summed E-state index contributed by atoms with van der Waals surface area (Å²) in [6, 6.07) is 82.7. The molecule has 0 fully saturated rings. The lowest BCUT2D eigenvalue weighted by atomic mass is 10.1. The number of benzene rings is 9. The zero-order chi connectivity index (χ0) is 38.4. The van der Waals surface area contributed by atoms with Crippen LogP contribution in [0.25, 0.3) is 55.0 Å². The smallest absolute Gasteiger partial charge is 0.0562 e. The summed E-state index contributed by atoms with van der Waals surface area (Å²) >= 11 is 0. The highest BCUT2D eigenvalue weighted by Crippen LogP contribution is 2.43. The van der Waals surface area contributed by atoms with Crippen LogP contribution in [-0.2, 0) is 0 Å². The maximum Gasteiger partial charge on any atom is 0.0562 e. The van der Waals surface area contributed by atoms with Crippen LogP contribution in [0.1, 0.15) is 0 Å². The van der Waals surface area contributed by atoms with Crippen LogP contribution in [0, 0.1) is 0 Å². The second-order valence-electron chi connectivity index (χ2n) is 14.6. The molecule has 0 aliphatic heterocycles. The molecule has 0 bridgehead atoms. The Bertz CT molecular complexity index is 3180. The van der Waals surface area contributed by atoms with Crippen molar-refractivity contribution >= 4 is 77.7 Å². The van der Waals surface area contributed by atoms with E-state index in [1.807, 2.05) is 0 Å². The predicted molar refractivity (Wildman–Crippen MR) is 244 cm³/mol. The molecule has 4 heteroatoms. The van der Waals surface area contributed by atoms with Crippen LogP contribution in [0.4, 0.5) is 34.1 Å². The first-order valence-electron chi connectivity index (χ1n) is 19.8. The molecule has 4 nitrogen and oxygen atoms in total. The Morgan fingerprint density at radius 1 is 0.224 bits per heavy atom. The van der Waals surface area contributed by atoms with Crippen LogP contribution in [0.15, 0.2) is 231 Å². The Morgan fingerprint density at radius 3 is 1.10 bits per heavy atom. The van der Waals surface area contributed by atoms with Gasteiger partial charge in [0, 0.05) is 67.0 Å². The van der Waals surface area contributed by atoms with Crippen LogP contribution in [0.5, 0.6) is 0 Å². The second-order valence-corrected chi connectivity index (χ2v) is 14.6. The number of aromatic nitrogens is 2. The van der Waals surface area contributed by atoms with Crippen molar-refractivity contribution in [2.24, 2.45) is 0 Å². The summed E-state index contributed by atoms with van der Waals surface area (Å²) in [7, 11) is 0. The Balaban J connectivity index is 1.11.